The number of ketones is 1. The molecule has 5 heteroatoms. The lowest BCUT2D eigenvalue weighted by Crippen LogP contribution is -2.10. The topological polar surface area (TPSA) is 26.3 Å². The van der Waals surface area contributed by atoms with Crippen LogP contribution in [0.15, 0.2) is 42.5 Å². The van der Waals surface area contributed by atoms with Crippen molar-refractivity contribution < 1.29 is 22.7 Å². The van der Waals surface area contributed by atoms with Gasteiger partial charge in [0.25, 0.3) is 0 Å². The number of hydrogen-bond acceptors (Lipinski definition) is 2. The van der Waals surface area contributed by atoms with Crippen molar-refractivity contribution in [3.63, 3.8) is 0 Å². The standard InChI is InChI=1S/C19H17F3O2/c20-19(21,22)16-7-3-13(4-8-16)5-9-17(23)14-6-10-18-15(12-14)2-1-11-24-18/h3-4,6-8,10,12H,1-2,5,9,11H2. The third-order valence-electron chi connectivity index (χ3n) is 4.15. The summed E-state index contributed by atoms with van der Waals surface area (Å²) in [5.74, 6) is 0.823. The lowest BCUT2D eigenvalue weighted by molar-refractivity contribution is -0.137. The van der Waals surface area contributed by atoms with Crippen LogP contribution in [0.25, 0.3) is 0 Å². The minimum Gasteiger partial charge on any atom is -0.493 e. The van der Waals surface area contributed by atoms with Gasteiger partial charge >= 0.3 is 6.18 Å². The maximum atomic E-state index is 12.5. The van der Waals surface area contributed by atoms with Gasteiger partial charge < -0.3 is 4.74 Å². The third-order valence-corrected chi connectivity index (χ3v) is 4.15. The molecule has 1 aliphatic rings. The van der Waals surface area contributed by atoms with E-state index in [-0.39, 0.29) is 12.2 Å². The number of carbonyl (C=O) groups is 1. The van der Waals surface area contributed by atoms with Crippen molar-refractivity contribution >= 4 is 5.78 Å². The summed E-state index contributed by atoms with van der Waals surface area (Å²) in [6, 6.07) is 10.4. The molecule has 0 bridgehead atoms. The van der Waals surface area contributed by atoms with Gasteiger partial charge in [-0.25, -0.2) is 0 Å². The predicted molar refractivity (Wildman–Crippen MR) is 84.4 cm³/mol. The van der Waals surface area contributed by atoms with Crippen LogP contribution in [-0.2, 0) is 19.0 Å². The summed E-state index contributed by atoms with van der Waals surface area (Å²) < 4.78 is 43.1. The summed E-state index contributed by atoms with van der Waals surface area (Å²) in [4.78, 5) is 12.3. The molecular weight excluding hydrogens is 317 g/mol. The Hall–Kier alpha value is -2.30. The van der Waals surface area contributed by atoms with Gasteiger partial charge in [-0.1, -0.05) is 12.1 Å². The van der Waals surface area contributed by atoms with Gasteiger partial charge in [-0.05, 0) is 60.7 Å². The number of fused-ring (bicyclic) bond motifs is 1. The Balaban J connectivity index is 1.63. The van der Waals surface area contributed by atoms with Crippen molar-refractivity contribution in [2.24, 2.45) is 0 Å². The van der Waals surface area contributed by atoms with Crippen LogP contribution in [-0.4, -0.2) is 12.4 Å². The van der Waals surface area contributed by atoms with Crippen molar-refractivity contribution in [2.75, 3.05) is 6.61 Å². The lowest BCUT2D eigenvalue weighted by atomic mass is 9.98. The summed E-state index contributed by atoms with van der Waals surface area (Å²) >= 11 is 0. The summed E-state index contributed by atoms with van der Waals surface area (Å²) in [5, 5.41) is 0. The number of Topliss-reactive ketones (excluding diaryl/α,β-unsaturated/α-hetero) is 1. The smallest absolute Gasteiger partial charge is 0.416 e. The molecule has 3 rings (SSSR count). The molecule has 0 aromatic heterocycles. The second kappa shape index (κ2) is 6.67. The van der Waals surface area contributed by atoms with E-state index >= 15 is 0 Å². The molecule has 0 amide bonds. The number of ether oxygens (including phenoxy) is 1. The van der Waals surface area contributed by atoms with Gasteiger partial charge in [0.1, 0.15) is 5.75 Å². The number of alkyl halides is 3. The van der Waals surface area contributed by atoms with Gasteiger partial charge in [0, 0.05) is 12.0 Å². The van der Waals surface area contributed by atoms with E-state index in [1.54, 1.807) is 6.07 Å². The molecule has 2 aromatic carbocycles. The van der Waals surface area contributed by atoms with Crippen LogP contribution < -0.4 is 4.74 Å². The fraction of sp³-hybridized carbons (Fsp3) is 0.316. The van der Waals surface area contributed by atoms with E-state index in [1.807, 2.05) is 12.1 Å². The summed E-state index contributed by atoms with van der Waals surface area (Å²) in [6.07, 6.45) is -1.80. The number of halogens is 3. The fourth-order valence-corrected chi connectivity index (χ4v) is 2.80. The average Bonchev–Trinajstić information content (AvgIpc) is 2.59. The zero-order chi connectivity index (χ0) is 17.2. The Morgan fingerprint density at radius 2 is 1.83 bits per heavy atom. The van der Waals surface area contributed by atoms with Gasteiger partial charge in [0.2, 0.25) is 0 Å². The highest BCUT2D eigenvalue weighted by Crippen LogP contribution is 2.29. The predicted octanol–water partition coefficient (Wildman–Crippen LogP) is 4.85. The molecular formula is C19H17F3O2. The van der Waals surface area contributed by atoms with Crippen LogP contribution in [0.4, 0.5) is 13.2 Å². The van der Waals surface area contributed by atoms with Gasteiger partial charge in [-0.15, -0.1) is 0 Å². The molecule has 0 atom stereocenters. The molecule has 0 saturated carbocycles. The van der Waals surface area contributed by atoms with Crippen LogP contribution in [0.3, 0.4) is 0 Å². The second-order valence-corrected chi connectivity index (χ2v) is 5.89. The number of carbonyl (C=O) groups excluding carboxylic acids is 1. The molecule has 1 aliphatic heterocycles. The zero-order valence-corrected chi connectivity index (χ0v) is 13.0. The number of hydrogen-bond donors (Lipinski definition) is 0. The van der Waals surface area contributed by atoms with E-state index in [0.29, 0.717) is 18.6 Å². The first kappa shape index (κ1) is 16.6. The van der Waals surface area contributed by atoms with E-state index in [1.165, 1.54) is 12.1 Å². The highest BCUT2D eigenvalue weighted by molar-refractivity contribution is 5.96. The molecule has 0 aliphatic carbocycles. The minimum atomic E-state index is -4.33. The van der Waals surface area contributed by atoms with Crippen LogP contribution >= 0.6 is 0 Å². The molecule has 0 spiro atoms. The minimum absolute atomic E-state index is 0.0109. The zero-order valence-electron chi connectivity index (χ0n) is 13.0. The van der Waals surface area contributed by atoms with Gasteiger partial charge in [0.15, 0.2) is 5.78 Å². The fourth-order valence-electron chi connectivity index (χ4n) is 2.80. The first-order chi connectivity index (χ1) is 11.4. The Morgan fingerprint density at radius 3 is 2.54 bits per heavy atom. The largest absolute Gasteiger partial charge is 0.493 e. The van der Waals surface area contributed by atoms with Crippen molar-refractivity contribution in [1.29, 1.82) is 0 Å². The first-order valence-electron chi connectivity index (χ1n) is 7.88. The Bertz CT molecular complexity index is 733. The van der Waals surface area contributed by atoms with Crippen molar-refractivity contribution in [2.45, 2.75) is 31.9 Å². The van der Waals surface area contributed by atoms with E-state index in [0.717, 1.165) is 41.9 Å². The normalized spacial score (nSPS) is 14.0. The van der Waals surface area contributed by atoms with Crippen LogP contribution in [0, 0.1) is 0 Å². The van der Waals surface area contributed by atoms with E-state index in [4.69, 9.17) is 4.74 Å². The second-order valence-electron chi connectivity index (χ2n) is 5.89. The molecule has 0 fully saturated rings. The van der Waals surface area contributed by atoms with Crippen molar-refractivity contribution in [1.82, 2.24) is 0 Å². The third kappa shape index (κ3) is 3.78. The summed E-state index contributed by atoms with van der Waals surface area (Å²) in [5.41, 5.74) is 1.72. The van der Waals surface area contributed by atoms with E-state index in [2.05, 4.69) is 0 Å². The van der Waals surface area contributed by atoms with Crippen molar-refractivity contribution in [3.05, 3.63) is 64.7 Å². The lowest BCUT2D eigenvalue weighted by Gasteiger charge is -2.17. The molecule has 0 N–H and O–H groups in total. The highest BCUT2D eigenvalue weighted by atomic mass is 19.4. The first-order valence-corrected chi connectivity index (χ1v) is 7.88. The van der Waals surface area contributed by atoms with Gasteiger partial charge in [-0.2, -0.15) is 13.2 Å². The van der Waals surface area contributed by atoms with Crippen LogP contribution in [0.1, 0.15) is 39.9 Å². The van der Waals surface area contributed by atoms with E-state index < -0.39 is 11.7 Å². The average molecular weight is 334 g/mol. The number of aryl methyl sites for hydroxylation is 2. The number of rotatable bonds is 4. The molecule has 0 radical (unpaired) electrons. The van der Waals surface area contributed by atoms with Gasteiger partial charge in [-0.3, -0.25) is 4.79 Å². The highest BCUT2D eigenvalue weighted by Gasteiger charge is 2.29. The quantitative estimate of drug-likeness (QED) is 0.748. The van der Waals surface area contributed by atoms with Crippen LogP contribution in [0.2, 0.25) is 0 Å². The monoisotopic (exact) mass is 334 g/mol. The SMILES string of the molecule is O=C(CCc1ccc(C(F)(F)F)cc1)c1ccc2c(c1)CCCO2. The molecule has 2 nitrogen and oxygen atoms in total. The van der Waals surface area contributed by atoms with Crippen LogP contribution in [0.5, 0.6) is 5.75 Å². The van der Waals surface area contributed by atoms with Gasteiger partial charge in [0.05, 0.1) is 12.2 Å². The molecule has 0 saturated heterocycles. The molecule has 2 aromatic rings. The maximum absolute atomic E-state index is 12.5. The molecule has 1 heterocycles. The molecule has 24 heavy (non-hydrogen) atoms. The summed E-state index contributed by atoms with van der Waals surface area (Å²) in [6.45, 7) is 0.703. The summed E-state index contributed by atoms with van der Waals surface area (Å²) in [7, 11) is 0. The Kier molecular flexibility index (Phi) is 4.60. The Labute approximate surface area is 138 Å². The van der Waals surface area contributed by atoms with E-state index in [9.17, 15) is 18.0 Å². The molecule has 126 valence electrons. The maximum Gasteiger partial charge on any atom is 0.416 e. The Morgan fingerprint density at radius 1 is 1.08 bits per heavy atom. The molecule has 0 unspecified atom stereocenters. The van der Waals surface area contributed by atoms with Crippen molar-refractivity contribution in [3.8, 4) is 5.75 Å². The number of benzene rings is 2.